The number of piperazine rings is 1. The first kappa shape index (κ1) is 22.7. The monoisotopic (exact) mass is 442 g/mol. The summed E-state index contributed by atoms with van der Waals surface area (Å²) in [4.78, 5) is 28.4. The fourth-order valence-corrected chi connectivity index (χ4v) is 5.74. The number of amides is 1. The Hall–Kier alpha value is -1.98. The molecule has 11 heteroatoms. The van der Waals surface area contributed by atoms with Crippen LogP contribution in [0.1, 0.15) is 31.2 Å². The number of esters is 1. The van der Waals surface area contributed by atoms with Gasteiger partial charge in [0.2, 0.25) is 15.9 Å². The number of sulfonamides is 1. The number of aromatic nitrogens is 1. The highest BCUT2D eigenvalue weighted by molar-refractivity contribution is 7.89. The Morgan fingerprint density at radius 2 is 1.73 bits per heavy atom. The number of ether oxygens (including phenoxy) is 1. The molecule has 2 fully saturated rings. The lowest BCUT2D eigenvalue weighted by molar-refractivity contribution is -0.149. The van der Waals surface area contributed by atoms with Crippen molar-refractivity contribution in [3.05, 3.63) is 11.5 Å². The third-order valence-corrected chi connectivity index (χ3v) is 7.87. The van der Waals surface area contributed by atoms with Crippen molar-refractivity contribution in [3.63, 3.8) is 0 Å². The predicted molar refractivity (Wildman–Crippen MR) is 107 cm³/mol. The van der Waals surface area contributed by atoms with Gasteiger partial charge in [0, 0.05) is 26.2 Å². The molecule has 0 radical (unpaired) electrons. The Morgan fingerprint density at radius 3 is 2.27 bits per heavy atom. The van der Waals surface area contributed by atoms with E-state index >= 15 is 0 Å². The van der Waals surface area contributed by atoms with Gasteiger partial charge in [-0.25, -0.2) is 8.42 Å². The Kier molecular flexibility index (Phi) is 7.14. The zero-order chi connectivity index (χ0) is 21.9. The van der Waals surface area contributed by atoms with E-state index in [-0.39, 0.29) is 48.1 Å². The zero-order valence-electron chi connectivity index (χ0n) is 17.8. The number of rotatable bonds is 6. The van der Waals surface area contributed by atoms with Crippen LogP contribution < -0.4 is 0 Å². The van der Waals surface area contributed by atoms with Crippen LogP contribution in [-0.4, -0.2) is 92.0 Å². The molecule has 0 aromatic carbocycles. The second kappa shape index (κ2) is 9.44. The molecule has 2 saturated heterocycles. The number of piperidine rings is 1. The minimum atomic E-state index is -3.69. The van der Waals surface area contributed by atoms with E-state index in [9.17, 15) is 18.0 Å². The van der Waals surface area contributed by atoms with E-state index in [1.165, 1.54) is 4.31 Å². The van der Waals surface area contributed by atoms with Gasteiger partial charge in [0.25, 0.3) is 0 Å². The topological polar surface area (TPSA) is 113 Å². The lowest BCUT2D eigenvalue weighted by Gasteiger charge is -2.36. The third-order valence-electron chi connectivity index (χ3n) is 5.72. The van der Waals surface area contributed by atoms with Gasteiger partial charge < -0.3 is 14.2 Å². The largest absolute Gasteiger partial charge is 0.466 e. The minimum Gasteiger partial charge on any atom is -0.466 e. The first-order valence-corrected chi connectivity index (χ1v) is 11.8. The fraction of sp³-hybridized carbons (Fsp3) is 0.737. The summed E-state index contributed by atoms with van der Waals surface area (Å²) in [6.07, 6.45) is 1.38. The SMILES string of the molecule is CCOC(=O)C1CCN(CC(=O)N2CCN(S(=O)(=O)c3c(C)noc3C)CC2)CC1. The fourth-order valence-electron chi connectivity index (χ4n) is 4.03. The van der Waals surface area contributed by atoms with Crippen LogP contribution in [0.25, 0.3) is 0 Å². The van der Waals surface area contributed by atoms with Gasteiger partial charge in [0.1, 0.15) is 10.6 Å². The number of aryl methyl sites for hydroxylation is 2. The summed E-state index contributed by atoms with van der Waals surface area (Å²) >= 11 is 0. The molecule has 30 heavy (non-hydrogen) atoms. The molecule has 0 unspecified atom stereocenters. The maximum atomic E-state index is 12.9. The van der Waals surface area contributed by atoms with Crippen molar-refractivity contribution in [2.45, 2.75) is 38.5 Å². The number of nitrogens with zero attached hydrogens (tertiary/aromatic N) is 4. The molecule has 3 heterocycles. The molecule has 0 atom stereocenters. The molecular weight excluding hydrogens is 412 g/mol. The maximum Gasteiger partial charge on any atom is 0.309 e. The first-order valence-electron chi connectivity index (χ1n) is 10.3. The highest BCUT2D eigenvalue weighted by Gasteiger charge is 2.35. The van der Waals surface area contributed by atoms with Crippen molar-refractivity contribution in [2.75, 3.05) is 52.4 Å². The summed E-state index contributed by atoms with van der Waals surface area (Å²) in [6.45, 7) is 8.18. The molecule has 1 aromatic rings. The van der Waals surface area contributed by atoms with E-state index < -0.39 is 10.0 Å². The van der Waals surface area contributed by atoms with Crippen molar-refractivity contribution >= 4 is 21.9 Å². The Bertz CT molecular complexity index is 848. The van der Waals surface area contributed by atoms with Crippen molar-refractivity contribution < 1.29 is 27.3 Å². The molecule has 3 rings (SSSR count). The molecule has 0 saturated carbocycles. The molecule has 168 valence electrons. The maximum absolute atomic E-state index is 12.9. The van der Waals surface area contributed by atoms with E-state index in [0.717, 1.165) is 0 Å². The van der Waals surface area contributed by atoms with Crippen molar-refractivity contribution in [3.8, 4) is 0 Å². The lowest BCUT2D eigenvalue weighted by atomic mass is 9.97. The molecule has 2 aliphatic heterocycles. The average molecular weight is 443 g/mol. The van der Waals surface area contributed by atoms with Crippen LogP contribution in [0, 0.1) is 19.8 Å². The van der Waals surface area contributed by atoms with E-state index in [2.05, 4.69) is 5.16 Å². The molecule has 0 N–H and O–H groups in total. The standard InChI is InChI=1S/C19H30N4O6S/c1-4-28-19(25)16-5-7-21(8-6-16)13-17(24)22-9-11-23(12-10-22)30(26,27)18-14(2)20-29-15(18)3/h16H,4-13H2,1-3H3. The molecule has 10 nitrogen and oxygen atoms in total. The quantitative estimate of drug-likeness (QED) is 0.582. The van der Waals surface area contributed by atoms with Crippen LogP contribution in [0.15, 0.2) is 9.42 Å². The highest BCUT2D eigenvalue weighted by atomic mass is 32.2. The summed E-state index contributed by atoms with van der Waals surface area (Å²) in [6, 6.07) is 0. The first-order chi connectivity index (χ1) is 14.2. The number of likely N-dealkylation sites (tertiary alicyclic amines) is 1. The summed E-state index contributed by atoms with van der Waals surface area (Å²) < 4.78 is 37.2. The van der Waals surface area contributed by atoms with E-state index in [1.54, 1.807) is 25.7 Å². The zero-order valence-corrected chi connectivity index (χ0v) is 18.6. The Morgan fingerprint density at radius 1 is 1.10 bits per heavy atom. The Balaban J connectivity index is 1.49. The summed E-state index contributed by atoms with van der Waals surface area (Å²) in [5.74, 6) is 0.0182. The van der Waals surface area contributed by atoms with Crippen LogP contribution in [0.3, 0.4) is 0 Å². The van der Waals surface area contributed by atoms with E-state index in [4.69, 9.17) is 9.26 Å². The van der Waals surface area contributed by atoms with Crippen LogP contribution in [-0.2, 0) is 24.3 Å². The predicted octanol–water partition coefficient (Wildman–Crippen LogP) is 0.399. The van der Waals surface area contributed by atoms with Gasteiger partial charge in [0.15, 0.2) is 5.76 Å². The van der Waals surface area contributed by atoms with Crippen molar-refractivity contribution in [1.82, 2.24) is 19.3 Å². The minimum absolute atomic E-state index is 0.0148. The Labute approximate surface area is 177 Å². The van der Waals surface area contributed by atoms with Gasteiger partial charge in [-0.05, 0) is 46.7 Å². The normalized spacial score (nSPS) is 19.8. The highest BCUT2D eigenvalue weighted by Crippen LogP contribution is 2.24. The van der Waals surface area contributed by atoms with Crippen LogP contribution in [0.4, 0.5) is 0 Å². The number of carbonyl (C=O) groups excluding carboxylic acids is 2. The van der Waals surface area contributed by atoms with Gasteiger partial charge in [-0.15, -0.1) is 0 Å². The van der Waals surface area contributed by atoms with Crippen molar-refractivity contribution in [1.29, 1.82) is 0 Å². The molecule has 0 aliphatic carbocycles. The van der Waals surface area contributed by atoms with Gasteiger partial charge in [-0.3, -0.25) is 14.5 Å². The van der Waals surface area contributed by atoms with Crippen LogP contribution in [0.2, 0.25) is 0 Å². The van der Waals surface area contributed by atoms with Gasteiger partial charge in [-0.2, -0.15) is 4.31 Å². The second-order valence-electron chi connectivity index (χ2n) is 7.74. The number of carbonyl (C=O) groups is 2. The summed E-state index contributed by atoms with van der Waals surface area (Å²) in [5.41, 5.74) is 0.345. The third kappa shape index (κ3) is 4.84. The van der Waals surface area contributed by atoms with Crippen molar-refractivity contribution in [2.24, 2.45) is 5.92 Å². The summed E-state index contributed by atoms with van der Waals surface area (Å²) in [5, 5.41) is 3.73. The lowest BCUT2D eigenvalue weighted by Crippen LogP contribution is -2.53. The van der Waals surface area contributed by atoms with Crippen LogP contribution >= 0.6 is 0 Å². The molecular formula is C19H30N4O6S. The average Bonchev–Trinajstić information content (AvgIpc) is 3.07. The van der Waals surface area contributed by atoms with Gasteiger partial charge >= 0.3 is 5.97 Å². The molecule has 1 aromatic heterocycles. The van der Waals surface area contributed by atoms with Crippen LogP contribution in [0.5, 0.6) is 0 Å². The van der Waals surface area contributed by atoms with E-state index in [1.807, 2.05) is 4.90 Å². The smallest absolute Gasteiger partial charge is 0.309 e. The molecule has 2 aliphatic rings. The second-order valence-corrected chi connectivity index (χ2v) is 9.62. The number of hydrogen-bond donors (Lipinski definition) is 0. The summed E-state index contributed by atoms with van der Waals surface area (Å²) in [7, 11) is -3.69. The van der Waals surface area contributed by atoms with Gasteiger partial charge in [-0.1, -0.05) is 5.16 Å². The van der Waals surface area contributed by atoms with Gasteiger partial charge in [0.05, 0.1) is 19.1 Å². The molecule has 0 spiro atoms. The number of hydrogen-bond acceptors (Lipinski definition) is 8. The molecule has 0 bridgehead atoms. The molecule has 1 amide bonds. The van der Waals surface area contributed by atoms with E-state index in [0.29, 0.717) is 51.3 Å².